The maximum absolute atomic E-state index is 12.6. The molecule has 1 aromatic carbocycles. The van der Waals surface area contributed by atoms with Crippen molar-refractivity contribution in [3.8, 4) is 5.75 Å². The molecule has 1 unspecified atom stereocenters. The van der Waals surface area contributed by atoms with Gasteiger partial charge >= 0.3 is 0 Å². The molecule has 0 aromatic heterocycles. The first-order valence-corrected chi connectivity index (χ1v) is 13.4. The number of piperidine rings is 2. The number of hydrogen-bond acceptors (Lipinski definition) is 6. The third-order valence-corrected chi connectivity index (χ3v) is 8.21. The van der Waals surface area contributed by atoms with Crippen LogP contribution in [0.5, 0.6) is 5.75 Å². The highest BCUT2D eigenvalue weighted by Crippen LogP contribution is 2.31. The average Bonchev–Trinajstić information content (AvgIpc) is 3.15. The molecule has 1 aliphatic carbocycles. The van der Waals surface area contributed by atoms with Gasteiger partial charge in [0, 0.05) is 18.5 Å². The van der Waals surface area contributed by atoms with Crippen LogP contribution in [0.2, 0.25) is 0 Å². The van der Waals surface area contributed by atoms with E-state index < -0.39 is 6.04 Å². The predicted molar refractivity (Wildman–Crippen MR) is 132 cm³/mol. The number of fused-ring (bicyclic) bond motifs is 1. The van der Waals surface area contributed by atoms with Gasteiger partial charge in [0.2, 0.25) is 11.8 Å². The van der Waals surface area contributed by atoms with E-state index in [-0.39, 0.29) is 30.2 Å². The summed E-state index contributed by atoms with van der Waals surface area (Å²) in [7, 11) is 0. The molecule has 1 aromatic rings. The molecule has 3 N–H and O–H groups in total. The molecule has 5 aliphatic rings. The molecule has 0 radical (unpaired) electrons. The lowest BCUT2D eigenvalue weighted by atomic mass is 9.81. The van der Waals surface area contributed by atoms with E-state index in [2.05, 4.69) is 16.0 Å². The standard InChI is InChI=1S/C19H22N2O4.C8H16N2/c22-17-9-8-16(18(23)20-17)21-11-12-10-14(6-7-15(12)19(21)24)25-13-4-2-1-3-5-13;1-3-9-4-2-7(1)8-5-10-6-8/h6-7,10,13,16H,1-5,8-9,11H2,(H,20,22,23);7-10H,1-6H2. The minimum atomic E-state index is -0.569. The van der Waals surface area contributed by atoms with E-state index in [0.29, 0.717) is 18.5 Å². The molecule has 3 amide bonds. The lowest BCUT2D eigenvalue weighted by Crippen LogP contribution is -2.52. The Balaban J connectivity index is 0.000000211. The molecule has 8 nitrogen and oxygen atoms in total. The average molecular weight is 483 g/mol. The SMILES string of the molecule is C1CC(C2CNC2)CCN1.O=C1CCC(N2Cc3cc(OC4CCCCC4)ccc3C2=O)C(=O)N1. The summed E-state index contributed by atoms with van der Waals surface area (Å²) < 4.78 is 6.08. The smallest absolute Gasteiger partial charge is 0.255 e. The van der Waals surface area contributed by atoms with Crippen LogP contribution in [-0.4, -0.2) is 60.9 Å². The number of amides is 3. The fourth-order valence-corrected chi connectivity index (χ4v) is 5.96. The van der Waals surface area contributed by atoms with Crippen LogP contribution in [0.3, 0.4) is 0 Å². The van der Waals surface area contributed by atoms with Gasteiger partial charge in [0.05, 0.1) is 6.10 Å². The van der Waals surface area contributed by atoms with Crippen LogP contribution in [0.4, 0.5) is 0 Å². The highest BCUT2D eigenvalue weighted by atomic mass is 16.5. The van der Waals surface area contributed by atoms with Crippen LogP contribution in [0.1, 0.15) is 73.7 Å². The van der Waals surface area contributed by atoms with Gasteiger partial charge in [0.15, 0.2) is 0 Å². The van der Waals surface area contributed by atoms with E-state index in [1.54, 1.807) is 11.0 Å². The molecule has 8 heteroatoms. The first-order chi connectivity index (χ1) is 17.1. The largest absolute Gasteiger partial charge is 0.490 e. The van der Waals surface area contributed by atoms with Crippen LogP contribution in [0.25, 0.3) is 0 Å². The zero-order valence-electron chi connectivity index (χ0n) is 20.5. The fraction of sp³-hybridized carbons (Fsp3) is 0.667. The summed E-state index contributed by atoms with van der Waals surface area (Å²) in [5, 5.41) is 9.06. The van der Waals surface area contributed by atoms with Gasteiger partial charge in [-0.15, -0.1) is 0 Å². The van der Waals surface area contributed by atoms with Gasteiger partial charge in [0.1, 0.15) is 11.8 Å². The minimum Gasteiger partial charge on any atom is -0.490 e. The Kier molecular flexibility index (Phi) is 7.68. The molecule has 0 spiro atoms. The topological polar surface area (TPSA) is 99.8 Å². The van der Waals surface area contributed by atoms with Gasteiger partial charge < -0.3 is 20.3 Å². The lowest BCUT2D eigenvalue weighted by Gasteiger charge is -2.37. The highest BCUT2D eigenvalue weighted by molar-refractivity contribution is 6.05. The second-order valence-corrected chi connectivity index (χ2v) is 10.6. The van der Waals surface area contributed by atoms with Crippen molar-refractivity contribution in [3.05, 3.63) is 29.3 Å². The summed E-state index contributed by atoms with van der Waals surface area (Å²) in [6, 6.07) is 5.00. The van der Waals surface area contributed by atoms with Crippen LogP contribution in [-0.2, 0) is 16.1 Å². The van der Waals surface area contributed by atoms with Crippen molar-refractivity contribution in [1.29, 1.82) is 0 Å². The Bertz CT molecular complexity index is 935. The van der Waals surface area contributed by atoms with E-state index in [9.17, 15) is 14.4 Å². The monoisotopic (exact) mass is 482 g/mol. The van der Waals surface area contributed by atoms with E-state index in [1.807, 2.05) is 12.1 Å². The zero-order valence-corrected chi connectivity index (χ0v) is 20.5. The molecule has 1 saturated carbocycles. The maximum Gasteiger partial charge on any atom is 0.255 e. The Morgan fingerprint density at radius 2 is 1.63 bits per heavy atom. The van der Waals surface area contributed by atoms with Crippen LogP contribution < -0.4 is 20.7 Å². The molecule has 1 atom stereocenters. The van der Waals surface area contributed by atoms with Crippen molar-refractivity contribution in [2.45, 2.75) is 76.5 Å². The van der Waals surface area contributed by atoms with Crippen LogP contribution in [0, 0.1) is 11.8 Å². The Morgan fingerprint density at radius 1 is 0.857 bits per heavy atom. The summed E-state index contributed by atoms with van der Waals surface area (Å²) >= 11 is 0. The number of rotatable bonds is 4. The lowest BCUT2D eigenvalue weighted by molar-refractivity contribution is -0.136. The third kappa shape index (κ3) is 5.70. The molecule has 4 fully saturated rings. The fourth-order valence-electron chi connectivity index (χ4n) is 5.96. The first-order valence-electron chi connectivity index (χ1n) is 13.4. The van der Waals surface area contributed by atoms with E-state index in [1.165, 1.54) is 58.3 Å². The highest BCUT2D eigenvalue weighted by Gasteiger charge is 2.39. The number of imide groups is 1. The van der Waals surface area contributed by atoms with Crippen LogP contribution in [0.15, 0.2) is 18.2 Å². The summed E-state index contributed by atoms with van der Waals surface area (Å²) in [4.78, 5) is 37.6. The summed E-state index contributed by atoms with van der Waals surface area (Å²) in [5.74, 6) is 2.05. The van der Waals surface area contributed by atoms with Crippen molar-refractivity contribution in [3.63, 3.8) is 0 Å². The third-order valence-electron chi connectivity index (χ3n) is 8.21. The summed E-state index contributed by atoms with van der Waals surface area (Å²) in [6.45, 7) is 5.46. The predicted octanol–water partition coefficient (Wildman–Crippen LogP) is 2.36. The Labute approximate surface area is 207 Å². The summed E-state index contributed by atoms with van der Waals surface area (Å²) in [5.41, 5.74) is 1.52. The first kappa shape index (κ1) is 24.3. The summed E-state index contributed by atoms with van der Waals surface area (Å²) in [6.07, 6.45) is 9.58. The number of carbonyl (C=O) groups is 3. The van der Waals surface area contributed by atoms with Crippen LogP contribution >= 0.6 is 0 Å². The van der Waals surface area contributed by atoms with Crippen molar-refractivity contribution < 1.29 is 19.1 Å². The van der Waals surface area contributed by atoms with Crippen molar-refractivity contribution in [2.24, 2.45) is 11.8 Å². The molecule has 190 valence electrons. The minimum absolute atomic E-state index is 0.145. The van der Waals surface area contributed by atoms with Crippen molar-refractivity contribution in [2.75, 3.05) is 26.2 Å². The zero-order chi connectivity index (χ0) is 24.2. The molecule has 4 aliphatic heterocycles. The van der Waals surface area contributed by atoms with E-state index in [0.717, 1.165) is 36.0 Å². The molecule has 6 rings (SSSR count). The molecule has 35 heavy (non-hydrogen) atoms. The number of ether oxygens (including phenoxy) is 1. The van der Waals surface area contributed by atoms with Crippen molar-refractivity contribution >= 4 is 17.7 Å². The molecule has 0 bridgehead atoms. The van der Waals surface area contributed by atoms with Gasteiger partial charge in [-0.1, -0.05) is 6.42 Å². The number of benzene rings is 1. The second kappa shape index (κ2) is 11.1. The maximum atomic E-state index is 12.6. The number of carbonyl (C=O) groups excluding carboxylic acids is 3. The van der Waals surface area contributed by atoms with E-state index in [4.69, 9.17) is 4.74 Å². The van der Waals surface area contributed by atoms with Gasteiger partial charge in [-0.25, -0.2) is 0 Å². The Hall–Kier alpha value is -2.45. The second-order valence-electron chi connectivity index (χ2n) is 10.6. The number of hydrogen-bond donors (Lipinski definition) is 3. The quantitative estimate of drug-likeness (QED) is 0.570. The van der Waals surface area contributed by atoms with Gasteiger partial charge in [-0.3, -0.25) is 19.7 Å². The molecule has 4 heterocycles. The van der Waals surface area contributed by atoms with Gasteiger partial charge in [0.25, 0.3) is 5.91 Å². The Morgan fingerprint density at radius 3 is 2.31 bits per heavy atom. The van der Waals surface area contributed by atoms with Gasteiger partial charge in [-0.2, -0.15) is 0 Å². The van der Waals surface area contributed by atoms with E-state index >= 15 is 0 Å². The molecule has 3 saturated heterocycles. The van der Waals surface area contributed by atoms with Gasteiger partial charge in [-0.05, 0) is 107 Å². The normalized spacial score (nSPS) is 25.9. The number of nitrogens with one attached hydrogen (secondary N) is 3. The number of nitrogens with zero attached hydrogens (tertiary/aromatic N) is 1. The molecular formula is C27H38N4O4. The molecular weight excluding hydrogens is 444 g/mol. The van der Waals surface area contributed by atoms with Crippen molar-refractivity contribution in [1.82, 2.24) is 20.9 Å².